The summed E-state index contributed by atoms with van der Waals surface area (Å²) >= 11 is 0. The summed E-state index contributed by atoms with van der Waals surface area (Å²) in [5.74, 6) is 0.894. The number of aromatic nitrogens is 2. The van der Waals surface area contributed by atoms with Crippen LogP contribution in [0.2, 0.25) is 0 Å². The lowest BCUT2D eigenvalue weighted by Gasteiger charge is -2.23. The molecular formula is C18H18N2O. The summed E-state index contributed by atoms with van der Waals surface area (Å²) in [4.78, 5) is 0. The van der Waals surface area contributed by atoms with Gasteiger partial charge in [0.15, 0.2) is 0 Å². The number of nitrogens with zero attached hydrogens (tertiary/aromatic N) is 2. The Balaban J connectivity index is 1.81. The first-order valence-electron chi connectivity index (χ1n) is 7.54. The van der Waals surface area contributed by atoms with Gasteiger partial charge in [0.2, 0.25) is 0 Å². The maximum atomic E-state index is 9.80. The molecule has 0 saturated heterocycles. The zero-order valence-corrected chi connectivity index (χ0v) is 11.9. The van der Waals surface area contributed by atoms with Crippen molar-refractivity contribution < 1.29 is 5.11 Å². The number of phenols is 1. The summed E-state index contributed by atoms with van der Waals surface area (Å²) in [7, 11) is 0. The van der Waals surface area contributed by atoms with Crippen LogP contribution in [0.5, 0.6) is 5.75 Å². The minimum Gasteiger partial charge on any atom is -0.508 e. The topological polar surface area (TPSA) is 38.1 Å². The van der Waals surface area contributed by atoms with E-state index in [1.54, 1.807) is 6.07 Å². The van der Waals surface area contributed by atoms with Crippen molar-refractivity contribution in [3.8, 4) is 5.75 Å². The minimum atomic E-state index is 0.303. The summed E-state index contributed by atoms with van der Waals surface area (Å²) in [6.45, 7) is 0.744. The average molecular weight is 278 g/mol. The summed E-state index contributed by atoms with van der Waals surface area (Å²) < 4.78 is 2.03. The number of hydrogen-bond donors (Lipinski definition) is 1. The highest BCUT2D eigenvalue weighted by molar-refractivity contribution is 5.84. The van der Waals surface area contributed by atoms with Crippen LogP contribution in [0.25, 0.3) is 10.9 Å². The fraction of sp³-hybridized carbons (Fsp3) is 0.278. The monoisotopic (exact) mass is 278 g/mol. The molecule has 2 aromatic carbocycles. The fourth-order valence-corrected chi connectivity index (χ4v) is 3.05. The number of hydrogen-bond acceptors (Lipinski definition) is 2. The van der Waals surface area contributed by atoms with E-state index in [2.05, 4.69) is 12.1 Å². The normalized spacial score (nSPS) is 15.2. The molecule has 0 spiro atoms. The maximum absolute atomic E-state index is 9.80. The number of rotatable bonds is 3. The second-order valence-corrected chi connectivity index (χ2v) is 5.86. The molecule has 1 heterocycles. The van der Waals surface area contributed by atoms with E-state index >= 15 is 0 Å². The number of phenolic OH excluding ortho intramolecular Hbond substituents is 1. The molecule has 1 fully saturated rings. The Labute approximate surface area is 123 Å². The highest BCUT2D eigenvalue weighted by Gasteiger charge is 2.25. The molecule has 0 bridgehead atoms. The molecule has 0 radical (unpaired) electrons. The third-order valence-corrected chi connectivity index (χ3v) is 4.43. The largest absolute Gasteiger partial charge is 0.508 e. The van der Waals surface area contributed by atoms with Gasteiger partial charge in [-0.25, -0.2) is 0 Å². The third-order valence-electron chi connectivity index (χ3n) is 4.43. The van der Waals surface area contributed by atoms with Crippen LogP contribution in [0, 0.1) is 0 Å². The highest BCUT2D eigenvalue weighted by Crippen LogP contribution is 2.39. The molecule has 4 rings (SSSR count). The van der Waals surface area contributed by atoms with Gasteiger partial charge in [0.1, 0.15) is 5.75 Å². The summed E-state index contributed by atoms with van der Waals surface area (Å²) in [6.07, 6.45) is 3.77. The molecule has 1 saturated carbocycles. The molecule has 1 aliphatic rings. The first-order valence-corrected chi connectivity index (χ1v) is 7.54. The SMILES string of the molecule is Oc1ccc2c(C3CCC3)nn(Cc3ccccc3)c2c1. The summed E-state index contributed by atoms with van der Waals surface area (Å²) in [5.41, 5.74) is 3.46. The van der Waals surface area contributed by atoms with Crippen LogP contribution in [0.4, 0.5) is 0 Å². The van der Waals surface area contributed by atoms with E-state index < -0.39 is 0 Å². The standard InChI is InChI=1S/C18H18N2O/c21-15-9-10-16-17(11-15)20(12-13-5-2-1-3-6-13)19-18(16)14-7-4-8-14/h1-3,5-6,9-11,14,21H,4,7-8,12H2. The lowest BCUT2D eigenvalue weighted by molar-refractivity contribution is 0.409. The van der Waals surface area contributed by atoms with Gasteiger partial charge in [-0.3, -0.25) is 4.68 Å². The molecule has 21 heavy (non-hydrogen) atoms. The van der Waals surface area contributed by atoms with Crippen LogP contribution in [-0.2, 0) is 6.54 Å². The first-order chi connectivity index (χ1) is 10.3. The Hall–Kier alpha value is -2.29. The van der Waals surface area contributed by atoms with Crippen molar-refractivity contribution in [1.29, 1.82) is 0 Å². The van der Waals surface area contributed by atoms with Crippen LogP contribution >= 0.6 is 0 Å². The molecule has 1 aromatic heterocycles. The Morgan fingerprint density at radius 1 is 1.10 bits per heavy atom. The van der Waals surface area contributed by atoms with E-state index in [0.29, 0.717) is 11.7 Å². The molecule has 0 unspecified atom stereocenters. The van der Waals surface area contributed by atoms with Crippen molar-refractivity contribution >= 4 is 10.9 Å². The van der Waals surface area contributed by atoms with Crippen molar-refractivity contribution in [2.75, 3.05) is 0 Å². The summed E-state index contributed by atoms with van der Waals surface area (Å²) in [5, 5.41) is 15.8. The van der Waals surface area contributed by atoms with Gasteiger partial charge in [0.25, 0.3) is 0 Å². The van der Waals surface area contributed by atoms with Gasteiger partial charge in [-0.2, -0.15) is 5.10 Å². The van der Waals surface area contributed by atoms with E-state index in [0.717, 1.165) is 12.1 Å². The predicted octanol–water partition coefficient (Wildman–Crippen LogP) is 4.06. The van der Waals surface area contributed by atoms with E-state index in [4.69, 9.17) is 5.10 Å². The van der Waals surface area contributed by atoms with Gasteiger partial charge >= 0.3 is 0 Å². The Morgan fingerprint density at radius 2 is 1.90 bits per heavy atom. The summed E-state index contributed by atoms with van der Waals surface area (Å²) in [6, 6.07) is 15.9. The van der Waals surface area contributed by atoms with Crippen LogP contribution in [-0.4, -0.2) is 14.9 Å². The maximum Gasteiger partial charge on any atom is 0.117 e. The van der Waals surface area contributed by atoms with Gasteiger partial charge in [0, 0.05) is 17.4 Å². The van der Waals surface area contributed by atoms with Crippen molar-refractivity contribution in [2.45, 2.75) is 31.7 Å². The molecule has 0 atom stereocenters. The molecule has 3 heteroatoms. The van der Waals surface area contributed by atoms with Gasteiger partial charge in [-0.1, -0.05) is 36.8 Å². The number of benzene rings is 2. The quantitative estimate of drug-likeness (QED) is 0.784. The zero-order valence-electron chi connectivity index (χ0n) is 11.9. The van der Waals surface area contributed by atoms with Gasteiger partial charge < -0.3 is 5.11 Å². The molecular weight excluding hydrogens is 260 g/mol. The molecule has 1 aliphatic carbocycles. The lowest BCUT2D eigenvalue weighted by Crippen LogP contribution is -2.10. The number of fused-ring (bicyclic) bond motifs is 1. The van der Waals surface area contributed by atoms with Crippen LogP contribution in [0.3, 0.4) is 0 Å². The van der Waals surface area contributed by atoms with E-state index in [1.165, 1.54) is 35.9 Å². The van der Waals surface area contributed by atoms with Crippen molar-refractivity contribution in [3.63, 3.8) is 0 Å². The smallest absolute Gasteiger partial charge is 0.117 e. The minimum absolute atomic E-state index is 0.303. The van der Waals surface area contributed by atoms with Gasteiger partial charge in [0.05, 0.1) is 17.8 Å². The van der Waals surface area contributed by atoms with Crippen LogP contribution < -0.4 is 0 Å². The third kappa shape index (κ3) is 2.19. The van der Waals surface area contributed by atoms with E-state index in [9.17, 15) is 5.11 Å². The molecule has 106 valence electrons. The van der Waals surface area contributed by atoms with Crippen LogP contribution in [0.1, 0.15) is 36.4 Å². The Bertz CT molecular complexity index is 773. The van der Waals surface area contributed by atoms with E-state index in [1.807, 2.05) is 35.0 Å². The van der Waals surface area contributed by atoms with Crippen molar-refractivity contribution in [3.05, 3.63) is 59.8 Å². The Morgan fingerprint density at radius 3 is 2.62 bits per heavy atom. The van der Waals surface area contributed by atoms with Crippen molar-refractivity contribution in [1.82, 2.24) is 9.78 Å². The molecule has 3 aromatic rings. The fourth-order valence-electron chi connectivity index (χ4n) is 3.05. The predicted molar refractivity (Wildman–Crippen MR) is 83.5 cm³/mol. The first kappa shape index (κ1) is 12.5. The Kier molecular flexibility index (Phi) is 2.92. The van der Waals surface area contributed by atoms with Gasteiger partial charge in [-0.15, -0.1) is 0 Å². The highest BCUT2D eigenvalue weighted by atomic mass is 16.3. The van der Waals surface area contributed by atoms with Crippen LogP contribution in [0.15, 0.2) is 48.5 Å². The van der Waals surface area contributed by atoms with Gasteiger partial charge in [-0.05, 0) is 30.5 Å². The molecule has 0 amide bonds. The zero-order chi connectivity index (χ0) is 14.2. The second-order valence-electron chi connectivity index (χ2n) is 5.86. The lowest BCUT2D eigenvalue weighted by atomic mass is 9.82. The van der Waals surface area contributed by atoms with Crippen molar-refractivity contribution in [2.24, 2.45) is 0 Å². The molecule has 0 aliphatic heterocycles. The molecule has 3 nitrogen and oxygen atoms in total. The van der Waals surface area contributed by atoms with E-state index in [-0.39, 0.29) is 0 Å². The number of aromatic hydroxyl groups is 1. The average Bonchev–Trinajstić information content (AvgIpc) is 2.76. The second kappa shape index (κ2) is 4.92. The molecule has 1 N–H and O–H groups in total.